The lowest BCUT2D eigenvalue weighted by atomic mass is 9.94. The predicted molar refractivity (Wildman–Crippen MR) is 127 cm³/mol. The number of hydrogen-bond donors (Lipinski definition) is 0. The van der Waals surface area contributed by atoms with Crippen molar-refractivity contribution >= 4 is 23.6 Å². The SMILES string of the molecule is O=C(C1CC1)N1CCC(C(=O)N(CC=Cc2ccccc2)c2ccc3c(c2)OCCO3)CC1. The number of hydrogen-bond acceptors (Lipinski definition) is 4. The monoisotopic (exact) mass is 446 g/mol. The van der Waals surface area contributed by atoms with Crippen LogP contribution in [-0.4, -0.2) is 49.6 Å². The number of anilines is 1. The minimum atomic E-state index is -0.0911. The van der Waals surface area contributed by atoms with Crippen LogP contribution in [0.4, 0.5) is 5.69 Å². The molecule has 2 aromatic rings. The summed E-state index contributed by atoms with van der Waals surface area (Å²) in [5, 5.41) is 0. The second-order valence-corrected chi connectivity index (χ2v) is 8.96. The number of carbonyl (C=O) groups is 2. The summed E-state index contributed by atoms with van der Waals surface area (Å²) in [6.45, 7) is 2.84. The molecular formula is C27H30N2O4. The molecule has 0 atom stereocenters. The van der Waals surface area contributed by atoms with Gasteiger partial charge in [-0.3, -0.25) is 9.59 Å². The van der Waals surface area contributed by atoms with E-state index in [2.05, 4.69) is 0 Å². The molecule has 5 rings (SSSR count). The zero-order valence-corrected chi connectivity index (χ0v) is 18.8. The molecule has 0 aromatic heterocycles. The molecule has 2 heterocycles. The fraction of sp³-hybridized carbons (Fsp3) is 0.407. The van der Waals surface area contributed by atoms with E-state index >= 15 is 0 Å². The minimum Gasteiger partial charge on any atom is -0.486 e. The predicted octanol–water partition coefficient (Wildman–Crippen LogP) is 4.15. The largest absolute Gasteiger partial charge is 0.486 e. The van der Waals surface area contributed by atoms with Crippen molar-refractivity contribution in [1.29, 1.82) is 0 Å². The number of nitrogens with zero attached hydrogens (tertiary/aromatic N) is 2. The molecule has 0 spiro atoms. The second-order valence-electron chi connectivity index (χ2n) is 8.96. The van der Waals surface area contributed by atoms with E-state index in [1.807, 2.05) is 70.5 Å². The molecule has 6 nitrogen and oxygen atoms in total. The Morgan fingerprint density at radius 2 is 1.64 bits per heavy atom. The second kappa shape index (κ2) is 9.69. The van der Waals surface area contributed by atoms with Gasteiger partial charge in [0.05, 0.1) is 0 Å². The van der Waals surface area contributed by atoms with Crippen molar-refractivity contribution in [2.75, 3.05) is 37.7 Å². The molecule has 2 amide bonds. The van der Waals surface area contributed by atoms with Gasteiger partial charge in [-0.2, -0.15) is 0 Å². The maximum Gasteiger partial charge on any atom is 0.230 e. The fourth-order valence-electron chi connectivity index (χ4n) is 4.54. The van der Waals surface area contributed by atoms with E-state index in [4.69, 9.17) is 9.47 Å². The van der Waals surface area contributed by atoms with Gasteiger partial charge in [0.15, 0.2) is 11.5 Å². The van der Waals surface area contributed by atoms with E-state index in [9.17, 15) is 9.59 Å². The van der Waals surface area contributed by atoms with Gasteiger partial charge in [0, 0.05) is 43.2 Å². The maximum absolute atomic E-state index is 13.6. The molecule has 33 heavy (non-hydrogen) atoms. The topological polar surface area (TPSA) is 59.1 Å². The van der Waals surface area contributed by atoms with Gasteiger partial charge in [0.2, 0.25) is 11.8 Å². The van der Waals surface area contributed by atoms with Crippen molar-refractivity contribution in [1.82, 2.24) is 4.90 Å². The number of likely N-dealkylation sites (tertiary alicyclic amines) is 1. The van der Waals surface area contributed by atoms with Crippen LogP contribution in [0.2, 0.25) is 0 Å². The zero-order chi connectivity index (χ0) is 22.6. The molecule has 2 fully saturated rings. The number of fused-ring (bicyclic) bond motifs is 1. The van der Waals surface area contributed by atoms with Gasteiger partial charge >= 0.3 is 0 Å². The van der Waals surface area contributed by atoms with E-state index in [1.54, 1.807) is 0 Å². The molecule has 172 valence electrons. The molecule has 0 bridgehead atoms. The normalized spacial score (nSPS) is 18.4. The molecule has 1 aliphatic carbocycles. The summed E-state index contributed by atoms with van der Waals surface area (Å²) in [7, 11) is 0. The van der Waals surface area contributed by atoms with E-state index < -0.39 is 0 Å². The van der Waals surface area contributed by atoms with Crippen LogP contribution in [-0.2, 0) is 9.59 Å². The average Bonchev–Trinajstić information content (AvgIpc) is 3.72. The first-order valence-electron chi connectivity index (χ1n) is 11.9. The lowest BCUT2D eigenvalue weighted by Gasteiger charge is -2.34. The van der Waals surface area contributed by atoms with Crippen LogP contribution in [0.5, 0.6) is 11.5 Å². The Labute approximate surface area is 194 Å². The highest BCUT2D eigenvalue weighted by Gasteiger charge is 2.37. The van der Waals surface area contributed by atoms with E-state index in [0.29, 0.717) is 57.2 Å². The summed E-state index contributed by atoms with van der Waals surface area (Å²) in [6, 6.07) is 15.8. The number of amides is 2. The third kappa shape index (κ3) is 5.05. The fourth-order valence-corrected chi connectivity index (χ4v) is 4.54. The Hall–Kier alpha value is -3.28. The number of carbonyl (C=O) groups excluding carboxylic acids is 2. The zero-order valence-electron chi connectivity index (χ0n) is 18.8. The minimum absolute atomic E-state index is 0.0911. The van der Waals surface area contributed by atoms with Crippen molar-refractivity contribution in [3.8, 4) is 11.5 Å². The van der Waals surface area contributed by atoms with E-state index in [-0.39, 0.29) is 23.7 Å². The Morgan fingerprint density at radius 1 is 0.909 bits per heavy atom. The molecule has 2 aliphatic heterocycles. The molecule has 0 unspecified atom stereocenters. The number of benzene rings is 2. The molecule has 2 aromatic carbocycles. The first-order valence-corrected chi connectivity index (χ1v) is 11.9. The molecular weight excluding hydrogens is 416 g/mol. The van der Waals surface area contributed by atoms with Crippen LogP contribution >= 0.6 is 0 Å². The first kappa shape index (κ1) is 21.6. The highest BCUT2D eigenvalue weighted by atomic mass is 16.6. The van der Waals surface area contributed by atoms with Gasteiger partial charge in [-0.1, -0.05) is 42.5 Å². The average molecular weight is 447 g/mol. The van der Waals surface area contributed by atoms with Crippen LogP contribution in [0.25, 0.3) is 6.08 Å². The third-order valence-corrected chi connectivity index (χ3v) is 6.58. The third-order valence-electron chi connectivity index (χ3n) is 6.58. The van der Waals surface area contributed by atoms with Gasteiger partial charge in [-0.25, -0.2) is 0 Å². The Kier molecular flexibility index (Phi) is 6.33. The maximum atomic E-state index is 13.6. The summed E-state index contributed by atoms with van der Waals surface area (Å²) in [6.07, 6.45) is 7.51. The van der Waals surface area contributed by atoms with Gasteiger partial charge in [0.1, 0.15) is 13.2 Å². The van der Waals surface area contributed by atoms with Crippen molar-refractivity contribution in [3.63, 3.8) is 0 Å². The summed E-state index contributed by atoms with van der Waals surface area (Å²) in [5.74, 6) is 1.90. The van der Waals surface area contributed by atoms with Gasteiger partial charge in [-0.05, 0) is 43.4 Å². The van der Waals surface area contributed by atoms with Gasteiger partial charge in [0.25, 0.3) is 0 Å². The molecule has 0 N–H and O–H groups in total. The van der Waals surface area contributed by atoms with Crippen LogP contribution < -0.4 is 14.4 Å². The summed E-state index contributed by atoms with van der Waals surface area (Å²) in [5.41, 5.74) is 1.90. The first-order chi connectivity index (χ1) is 16.2. The van der Waals surface area contributed by atoms with Crippen LogP contribution in [0.1, 0.15) is 31.2 Å². The lowest BCUT2D eigenvalue weighted by molar-refractivity contribution is -0.136. The highest BCUT2D eigenvalue weighted by Crippen LogP contribution is 2.36. The number of piperidine rings is 1. The lowest BCUT2D eigenvalue weighted by Crippen LogP contribution is -2.45. The number of rotatable bonds is 6. The quantitative estimate of drug-likeness (QED) is 0.669. The van der Waals surface area contributed by atoms with Crippen LogP contribution in [0, 0.1) is 11.8 Å². The van der Waals surface area contributed by atoms with Gasteiger partial charge in [-0.15, -0.1) is 0 Å². The van der Waals surface area contributed by atoms with E-state index in [1.165, 1.54) is 0 Å². The van der Waals surface area contributed by atoms with Crippen molar-refractivity contribution in [3.05, 3.63) is 60.2 Å². The van der Waals surface area contributed by atoms with Crippen LogP contribution in [0.3, 0.4) is 0 Å². The molecule has 0 radical (unpaired) electrons. The summed E-state index contributed by atoms with van der Waals surface area (Å²) >= 11 is 0. The van der Waals surface area contributed by atoms with Gasteiger partial charge < -0.3 is 19.3 Å². The Morgan fingerprint density at radius 3 is 2.36 bits per heavy atom. The van der Waals surface area contributed by atoms with Crippen molar-refractivity contribution < 1.29 is 19.1 Å². The highest BCUT2D eigenvalue weighted by molar-refractivity contribution is 5.96. The summed E-state index contributed by atoms with van der Waals surface area (Å²) < 4.78 is 11.4. The Bertz CT molecular complexity index is 1020. The smallest absolute Gasteiger partial charge is 0.230 e. The number of ether oxygens (including phenoxy) is 2. The Balaban J connectivity index is 1.32. The summed E-state index contributed by atoms with van der Waals surface area (Å²) in [4.78, 5) is 29.8. The molecule has 6 heteroatoms. The van der Waals surface area contributed by atoms with Crippen LogP contribution in [0.15, 0.2) is 54.6 Å². The van der Waals surface area contributed by atoms with Crippen molar-refractivity contribution in [2.45, 2.75) is 25.7 Å². The molecule has 1 saturated carbocycles. The van der Waals surface area contributed by atoms with Crippen molar-refractivity contribution in [2.24, 2.45) is 11.8 Å². The standard InChI is InChI=1S/C27H30N2O4/c30-26(21-8-9-21)28-15-12-22(13-16-28)27(31)29(14-4-7-20-5-2-1-3-6-20)23-10-11-24-25(19-23)33-18-17-32-24/h1-7,10-11,19,21-22H,8-9,12-18H2. The van der Waals surface area contributed by atoms with E-state index in [0.717, 1.165) is 24.1 Å². The molecule has 1 saturated heterocycles. The molecule has 3 aliphatic rings.